The van der Waals surface area contributed by atoms with Crippen LogP contribution < -0.4 is 10.2 Å². The van der Waals surface area contributed by atoms with Crippen molar-refractivity contribution in [1.29, 1.82) is 0 Å². The maximum atomic E-state index is 13.8. The third-order valence-electron chi connectivity index (χ3n) is 5.58. The second-order valence-corrected chi connectivity index (χ2v) is 7.70. The Morgan fingerprint density at radius 2 is 1.83 bits per heavy atom. The van der Waals surface area contributed by atoms with Crippen LogP contribution in [-0.4, -0.2) is 16.8 Å². The zero-order chi connectivity index (χ0) is 21.3. The molecule has 1 saturated carbocycles. The van der Waals surface area contributed by atoms with E-state index >= 15 is 0 Å². The van der Waals surface area contributed by atoms with Gasteiger partial charge in [-0.25, -0.2) is 8.78 Å². The van der Waals surface area contributed by atoms with Crippen molar-refractivity contribution < 1.29 is 28.1 Å². The molecule has 1 fully saturated rings. The lowest BCUT2D eigenvalue weighted by molar-refractivity contribution is 0.286. The summed E-state index contributed by atoms with van der Waals surface area (Å²) < 4.78 is 38.6. The van der Waals surface area contributed by atoms with Crippen molar-refractivity contribution in [2.75, 3.05) is 6.61 Å². The van der Waals surface area contributed by atoms with Crippen LogP contribution in [0.15, 0.2) is 39.5 Å². The molecule has 0 bridgehead atoms. The van der Waals surface area contributed by atoms with Crippen LogP contribution in [0.5, 0.6) is 17.2 Å². The van der Waals surface area contributed by atoms with Gasteiger partial charge in [0.1, 0.15) is 22.5 Å². The van der Waals surface area contributed by atoms with Gasteiger partial charge in [-0.2, -0.15) is 0 Å². The van der Waals surface area contributed by atoms with Gasteiger partial charge >= 0.3 is 0 Å². The number of benzene rings is 2. The first kappa shape index (κ1) is 20.2. The molecule has 3 aromatic rings. The van der Waals surface area contributed by atoms with E-state index in [4.69, 9.17) is 9.15 Å². The molecule has 158 valence electrons. The summed E-state index contributed by atoms with van der Waals surface area (Å²) in [7, 11) is 0. The molecule has 0 amide bonds. The predicted octanol–water partition coefficient (Wildman–Crippen LogP) is 5.50. The lowest BCUT2D eigenvalue weighted by atomic mass is 10.0. The molecule has 5 nitrogen and oxygen atoms in total. The molecule has 0 aliphatic heterocycles. The van der Waals surface area contributed by atoms with E-state index in [1.165, 1.54) is 37.8 Å². The summed E-state index contributed by atoms with van der Waals surface area (Å²) >= 11 is 0. The van der Waals surface area contributed by atoms with E-state index < -0.39 is 22.8 Å². The molecule has 4 rings (SSSR count). The molecule has 1 aromatic heterocycles. The van der Waals surface area contributed by atoms with Gasteiger partial charge in [-0.1, -0.05) is 25.7 Å². The number of phenols is 2. The fourth-order valence-corrected chi connectivity index (χ4v) is 4.07. The SMILES string of the molecule is O=c1c(OCCCC2CCCC2)c(-c2ccc(F)c(F)c2)oc2cc(O)cc(O)c12. The summed E-state index contributed by atoms with van der Waals surface area (Å²) in [5.74, 6) is -2.48. The molecule has 1 heterocycles. The average Bonchev–Trinajstić information content (AvgIpc) is 3.21. The van der Waals surface area contributed by atoms with Crippen LogP contribution in [0.1, 0.15) is 38.5 Å². The minimum atomic E-state index is -1.10. The molecule has 30 heavy (non-hydrogen) atoms. The molecule has 1 aliphatic carbocycles. The highest BCUT2D eigenvalue weighted by Crippen LogP contribution is 2.36. The summed E-state index contributed by atoms with van der Waals surface area (Å²) in [6.07, 6.45) is 6.61. The van der Waals surface area contributed by atoms with Gasteiger partial charge in [-0.15, -0.1) is 0 Å². The Morgan fingerprint density at radius 1 is 1.07 bits per heavy atom. The summed E-state index contributed by atoms with van der Waals surface area (Å²) in [6.45, 7) is 0.252. The Labute approximate surface area is 171 Å². The van der Waals surface area contributed by atoms with Gasteiger partial charge in [-0.3, -0.25) is 4.79 Å². The average molecular weight is 416 g/mol. The molecule has 0 saturated heterocycles. The molecule has 0 unspecified atom stereocenters. The Kier molecular flexibility index (Phi) is 5.61. The van der Waals surface area contributed by atoms with E-state index in [9.17, 15) is 23.8 Å². The zero-order valence-electron chi connectivity index (χ0n) is 16.3. The van der Waals surface area contributed by atoms with Crippen molar-refractivity contribution in [2.45, 2.75) is 38.5 Å². The van der Waals surface area contributed by atoms with Gasteiger partial charge in [0.05, 0.1) is 6.61 Å². The Bertz CT molecular complexity index is 1130. The van der Waals surface area contributed by atoms with Crippen molar-refractivity contribution in [2.24, 2.45) is 5.92 Å². The van der Waals surface area contributed by atoms with Gasteiger partial charge in [0.2, 0.25) is 11.2 Å². The lowest BCUT2D eigenvalue weighted by Gasteiger charge is -2.14. The molecule has 7 heteroatoms. The minimum absolute atomic E-state index is 0.0859. The standard InChI is InChI=1S/C23H22F2O5/c24-16-8-7-14(10-17(16)25)22-23(29-9-3-6-13-4-1-2-5-13)21(28)20-18(27)11-15(26)12-19(20)30-22/h7-8,10-13,26-27H,1-6,9H2. The molecule has 2 N–H and O–H groups in total. The van der Waals surface area contributed by atoms with Crippen molar-refractivity contribution in [3.63, 3.8) is 0 Å². The van der Waals surface area contributed by atoms with E-state index in [1.54, 1.807) is 0 Å². The monoisotopic (exact) mass is 416 g/mol. The summed E-state index contributed by atoms with van der Waals surface area (Å²) in [5, 5.41) is 19.7. The second-order valence-electron chi connectivity index (χ2n) is 7.70. The van der Waals surface area contributed by atoms with Crippen LogP contribution in [-0.2, 0) is 0 Å². The number of aromatic hydroxyl groups is 2. The minimum Gasteiger partial charge on any atom is -0.508 e. The predicted molar refractivity (Wildman–Crippen MR) is 108 cm³/mol. The highest BCUT2D eigenvalue weighted by atomic mass is 19.2. The van der Waals surface area contributed by atoms with Gasteiger partial charge < -0.3 is 19.4 Å². The number of hydrogen-bond donors (Lipinski definition) is 2. The third-order valence-corrected chi connectivity index (χ3v) is 5.58. The smallest absolute Gasteiger partial charge is 0.239 e. The van der Waals surface area contributed by atoms with Gasteiger partial charge in [0.25, 0.3) is 0 Å². The quantitative estimate of drug-likeness (QED) is 0.519. The Balaban J connectivity index is 1.73. The second kappa shape index (κ2) is 8.34. The molecule has 0 atom stereocenters. The number of fused-ring (bicyclic) bond motifs is 1. The Morgan fingerprint density at radius 3 is 2.57 bits per heavy atom. The summed E-state index contributed by atoms with van der Waals surface area (Å²) in [5.41, 5.74) is -0.619. The summed E-state index contributed by atoms with van der Waals surface area (Å²) in [4.78, 5) is 13.1. The topological polar surface area (TPSA) is 79.9 Å². The first-order valence-corrected chi connectivity index (χ1v) is 10.0. The van der Waals surface area contributed by atoms with E-state index in [2.05, 4.69) is 0 Å². The largest absolute Gasteiger partial charge is 0.508 e. The molecule has 0 radical (unpaired) electrons. The van der Waals surface area contributed by atoms with Crippen molar-refractivity contribution in [3.05, 3.63) is 52.2 Å². The normalized spacial score (nSPS) is 14.5. The third kappa shape index (κ3) is 3.97. The van der Waals surface area contributed by atoms with Crippen molar-refractivity contribution in [3.8, 4) is 28.6 Å². The highest BCUT2D eigenvalue weighted by molar-refractivity contribution is 5.88. The maximum Gasteiger partial charge on any atom is 0.239 e. The number of rotatable bonds is 6. The lowest BCUT2D eigenvalue weighted by Crippen LogP contribution is -2.12. The van der Waals surface area contributed by atoms with Crippen LogP contribution in [0.3, 0.4) is 0 Å². The van der Waals surface area contributed by atoms with Crippen LogP contribution in [0.4, 0.5) is 8.78 Å². The van der Waals surface area contributed by atoms with E-state index in [1.807, 2.05) is 0 Å². The molecular weight excluding hydrogens is 394 g/mol. The maximum absolute atomic E-state index is 13.8. The number of ether oxygens (including phenoxy) is 1. The number of hydrogen-bond acceptors (Lipinski definition) is 5. The van der Waals surface area contributed by atoms with E-state index in [0.717, 1.165) is 31.0 Å². The van der Waals surface area contributed by atoms with Gasteiger partial charge in [0, 0.05) is 17.7 Å². The molecule has 1 aliphatic rings. The zero-order valence-corrected chi connectivity index (χ0v) is 16.3. The van der Waals surface area contributed by atoms with E-state index in [-0.39, 0.29) is 40.4 Å². The summed E-state index contributed by atoms with van der Waals surface area (Å²) in [6, 6.07) is 5.31. The van der Waals surface area contributed by atoms with Crippen LogP contribution in [0, 0.1) is 17.6 Å². The first-order valence-electron chi connectivity index (χ1n) is 10.0. The molecule has 2 aromatic carbocycles. The molecular formula is C23H22F2O5. The first-order chi connectivity index (χ1) is 14.4. The molecule has 0 spiro atoms. The van der Waals surface area contributed by atoms with Crippen LogP contribution in [0.25, 0.3) is 22.3 Å². The van der Waals surface area contributed by atoms with Crippen molar-refractivity contribution in [1.82, 2.24) is 0 Å². The van der Waals surface area contributed by atoms with Crippen LogP contribution in [0.2, 0.25) is 0 Å². The van der Waals surface area contributed by atoms with E-state index in [0.29, 0.717) is 5.92 Å². The number of halogens is 2. The highest BCUT2D eigenvalue weighted by Gasteiger charge is 2.22. The van der Waals surface area contributed by atoms with Gasteiger partial charge in [0.15, 0.2) is 17.4 Å². The van der Waals surface area contributed by atoms with Gasteiger partial charge in [-0.05, 0) is 37.0 Å². The number of phenolic OH excluding ortho intramolecular Hbond substituents is 2. The van der Waals surface area contributed by atoms with Crippen molar-refractivity contribution >= 4 is 11.0 Å². The van der Waals surface area contributed by atoms with Crippen LogP contribution >= 0.6 is 0 Å². The Hall–Kier alpha value is -3.09. The fourth-order valence-electron chi connectivity index (χ4n) is 4.07. The fraction of sp³-hybridized carbons (Fsp3) is 0.348.